The first-order valence-corrected chi connectivity index (χ1v) is 17.5. The third kappa shape index (κ3) is 9.21. The molecule has 1 atom stereocenters. The number of anilines is 1. The lowest BCUT2D eigenvalue weighted by Crippen LogP contribution is -2.53. The number of nitrogens with one attached hydrogen (secondary N) is 1. The van der Waals surface area contributed by atoms with Gasteiger partial charge in [0, 0.05) is 19.5 Å². The summed E-state index contributed by atoms with van der Waals surface area (Å²) in [5.41, 5.74) is 1.58. The maximum absolute atomic E-state index is 14.7. The number of methoxy groups -OCH3 is 2. The van der Waals surface area contributed by atoms with Gasteiger partial charge in [-0.1, -0.05) is 85.6 Å². The molecule has 0 spiro atoms. The van der Waals surface area contributed by atoms with E-state index >= 15 is 0 Å². The fourth-order valence-electron chi connectivity index (χ4n) is 5.04. The van der Waals surface area contributed by atoms with Gasteiger partial charge in [0.05, 0.1) is 34.8 Å². The van der Waals surface area contributed by atoms with E-state index in [4.69, 9.17) is 32.7 Å². The van der Waals surface area contributed by atoms with Crippen molar-refractivity contribution in [3.63, 3.8) is 0 Å². The average Bonchev–Trinajstić information content (AvgIpc) is 3.09. The van der Waals surface area contributed by atoms with Crippen molar-refractivity contribution in [1.29, 1.82) is 0 Å². The molecule has 254 valence electrons. The predicted octanol–water partition coefficient (Wildman–Crippen LogP) is 6.62. The average molecular weight is 713 g/mol. The predicted molar refractivity (Wildman–Crippen MR) is 189 cm³/mol. The number of benzene rings is 4. The van der Waals surface area contributed by atoms with Gasteiger partial charge in [0.1, 0.15) is 24.1 Å². The van der Waals surface area contributed by atoms with Crippen molar-refractivity contribution in [3.05, 3.63) is 118 Å². The second kappa shape index (κ2) is 16.7. The molecule has 0 bridgehead atoms. The Balaban J connectivity index is 1.84. The fraction of sp³-hybridized carbons (Fsp3) is 0.278. The summed E-state index contributed by atoms with van der Waals surface area (Å²) in [7, 11) is -1.44. The van der Waals surface area contributed by atoms with Crippen LogP contribution in [0.3, 0.4) is 0 Å². The molecule has 0 aliphatic heterocycles. The largest absolute Gasteiger partial charge is 0.497 e. The monoisotopic (exact) mass is 711 g/mol. The van der Waals surface area contributed by atoms with Gasteiger partial charge in [-0.3, -0.25) is 13.9 Å². The Hall–Kier alpha value is -4.25. The standard InChI is InChI=1S/C36H39Cl2N3O6S/c1-25(2)22-39-36(43)33(21-26-10-6-5-7-11-26)40(23-27-14-19-30(37)31(38)20-27)35(42)24-41(32-12-8-9-13-34(32)47-4)48(44,45)29-17-15-28(46-3)16-18-29/h5-20,25,33H,21-24H2,1-4H3,(H,39,43)/t33-/m0/s1. The topological polar surface area (TPSA) is 105 Å². The van der Waals surface area contributed by atoms with Gasteiger partial charge in [-0.05, 0) is 65.6 Å². The molecule has 0 radical (unpaired) electrons. The van der Waals surface area contributed by atoms with Crippen LogP contribution < -0.4 is 19.1 Å². The zero-order chi connectivity index (χ0) is 34.8. The minimum atomic E-state index is -4.34. The number of rotatable bonds is 15. The Kier molecular flexibility index (Phi) is 12.7. The zero-order valence-electron chi connectivity index (χ0n) is 27.2. The van der Waals surface area contributed by atoms with Gasteiger partial charge < -0.3 is 19.7 Å². The van der Waals surface area contributed by atoms with Gasteiger partial charge in [0.15, 0.2) is 0 Å². The molecule has 2 amide bonds. The highest BCUT2D eigenvalue weighted by Crippen LogP contribution is 2.33. The van der Waals surface area contributed by atoms with E-state index in [1.165, 1.54) is 43.4 Å². The molecule has 0 unspecified atom stereocenters. The van der Waals surface area contributed by atoms with E-state index in [1.54, 1.807) is 42.5 Å². The summed E-state index contributed by atoms with van der Waals surface area (Å²) < 4.78 is 40.4. The first-order valence-electron chi connectivity index (χ1n) is 15.3. The Morgan fingerprint density at radius 2 is 1.48 bits per heavy atom. The smallest absolute Gasteiger partial charge is 0.264 e. The van der Waals surface area contributed by atoms with E-state index in [1.807, 2.05) is 44.2 Å². The zero-order valence-corrected chi connectivity index (χ0v) is 29.6. The van der Waals surface area contributed by atoms with Gasteiger partial charge in [-0.25, -0.2) is 8.42 Å². The molecule has 0 aliphatic carbocycles. The molecule has 0 aliphatic rings. The van der Waals surface area contributed by atoms with Crippen LogP contribution in [-0.2, 0) is 32.6 Å². The van der Waals surface area contributed by atoms with Crippen molar-refractivity contribution < 1.29 is 27.5 Å². The van der Waals surface area contributed by atoms with Crippen LogP contribution in [0.2, 0.25) is 10.0 Å². The van der Waals surface area contributed by atoms with Crippen molar-refractivity contribution in [2.45, 2.75) is 37.8 Å². The van der Waals surface area contributed by atoms with E-state index in [-0.39, 0.29) is 46.1 Å². The van der Waals surface area contributed by atoms with Gasteiger partial charge >= 0.3 is 0 Å². The third-order valence-electron chi connectivity index (χ3n) is 7.57. The van der Waals surface area contributed by atoms with Crippen LogP contribution >= 0.6 is 23.2 Å². The molecule has 0 heterocycles. The Bertz CT molecular complexity index is 1800. The van der Waals surface area contributed by atoms with Crippen molar-refractivity contribution in [2.75, 3.05) is 31.6 Å². The molecule has 0 saturated carbocycles. The highest BCUT2D eigenvalue weighted by atomic mass is 35.5. The minimum Gasteiger partial charge on any atom is -0.497 e. The quantitative estimate of drug-likeness (QED) is 0.149. The first kappa shape index (κ1) is 36.6. The third-order valence-corrected chi connectivity index (χ3v) is 10.1. The Morgan fingerprint density at radius 1 is 0.812 bits per heavy atom. The van der Waals surface area contributed by atoms with E-state index in [0.29, 0.717) is 22.9 Å². The number of sulfonamides is 1. The second-order valence-electron chi connectivity index (χ2n) is 11.5. The van der Waals surface area contributed by atoms with Crippen LogP contribution in [0.5, 0.6) is 11.5 Å². The first-order chi connectivity index (χ1) is 22.9. The molecular weight excluding hydrogens is 673 g/mol. The second-order valence-corrected chi connectivity index (χ2v) is 14.2. The Morgan fingerprint density at radius 3 is 2.10 bits per heavy atom. The van der Waals surface area contributed by atoms with Crippen LogP contribution in [-0.4, -0.2) is 58.5 Å². The maximum Gasteiger partial charge on any atom is 0.264 e. The lowest BCUT2D eigenvalue weighted by Gasteiger charge is -2.34. The van der Waals surface area contributed by atoms with Crippen molar-refractivity contribution in [2.24, 2.45) is 5.92 Å². The van der Waals surface area contributed by atoms with E-state index in [2.05, 4.69) is 5.32 Å². The number of nitrogens with zero attached hydrogens (tertiary/aromatic N) is 2. The van der Waals surface area contributed by atoms with Crippen LogP contribution in [0.15, 0.2) is 102 Å². The van der Waals surface area contributed by atoms with E-state index in [0.717, 1.165) is 9.87 Å². The number of para-hydroxylation sites is 2. The number of ether oxygens (including phenoxy) is 2. The summed E-state index contributed by atoms with van der Waals surface area (Å²) in [6.07, 6.45) is 0.178. The van der Waals surface area contributed by atoms with Crippen molar-refractivity contribution in [1.82, 2.24) is 10.2 Å². The maximum atomic E-state index is 14.7. The van der Waals surface area contributed by atoms with Gasteiger partial charge in [-0.15, -0.1) is 0 Å². The highest BCUT2D eigenvalue weighted by Gasteiger charge is 2.35. The molecule has 0 saturated heterocycles. The normalized spacial score (nSPS) is 11.9. The summed E-state index contributed by atoms with van der Waals surface area (Å²) in [5.74, 6) is -0.125. The van der Waals surface area contributed by atoms with Gasteiger partial charge in [-0.2, -0.15) is 0 Å². The summed E-state index contributed by atoms with van der Waals surface area (Å²) in [6, 6.07) is 25.7. The molecule has 9 nitrogen and oxygen atoms in total. The summed E-state index contributed by atoms with van der Waals surface area (Å²) >= 11 is 12.5. The molecule has 48 heavy (non-hydrogen) atoms. The number of amides is 2. The molecule has 4 rings (SSSR count). The highest BCUT2D eigenvalue weighted by molar-refractivity contribution is 7.92. The van der Waals surface area contributed by atoms with Crippen molar-refractivity contribution >= 4 is 50.7 Å². The molecule has 4 aromatic rings. The molecule has 4 aromatic carbocycles. The molecule has 1 N–H and O–H groups in total. The number of halogens is 2. The van der Waals surface area contributed by atoms with E-state index in [9.17, 15) is 18.0 Å². The minimum absolute atomic E-state index is 0.0509. The van der Waals surface area contributed by atoms with Crippen LogP contribution in [0, 0.1) is 5.92 Å². The lowest BCUT2D eigenvalue weighted by atomic mass is 10.0. The summed E-state index contributed by atoms with van der Waals surface area (Å²) in [4.78, 5) is 29.9. The summed E-state index contributed by atoms with van der Waals surface area (Å²) in [6.45, 7) is 3.64. The van der Waals surface area contributed by atoms with Gasteiger partial charge in [0.25, 0.3) is 10.0 Å². The Labute approximate surface area is 292 Å². The molecule has 0 aromatic heterocycles. The fourth-order valence-corrected chi connectivity index (χ4v) is 6.78. The summed E-state index contributed by atoms with van der Waals surface area (Å²) in [5, 5.41) is 3.59. The van der Waals surface area contributed by atoms with Crippen LogP contribution in [0.25, 0.3) is 0 Å². The van der Waals surface area contributed by atoms with Crippen LogP contribution in [0.1, 0.15) is 25.0 Å². The SMILES string of the molecule is COc1ccc(S(=O)(=O)N(CC(=O)N(Cc2ccc(Cl)c(Cl)c2)[C@@H](Cc2ccccc2)C(=O)NCC(C)C)c2ccccc2OC)cc1. The number of hydrogen-bond acceptors (Lipinski definition) is 6. The number of carbonyl (C=O) groups is 2. The van der Waals surface area contributed by atoms with Crippen molar-refractivity contribution in [3.8, 4) is 11.5 Å². The van der Waals surface area contributed by atoms with Crippen LogP contribution in [0.4, 0.5) is 5.69 Å². The molecule has 0 fully saturated rings. The van der Waals surface area contributed by atoms with E-state index < -0.39 is 28.5 Å². The number of carbonyl (C=O) groups excluding carboxylic acids is 2. The molecular formula is C36H39Cl2N3O6S. The number of hydrogen-bond donors (Lipinski definition) is 1. The lowest BCUT2D eigenvalue weighted by molar-refractivity contribution is -0.140. The van der Waals surface area contributed by atoms with Gasteiger partial charge in [0.2, 0.25) is 11.8 Å². The molecule has 12 heteroatoms.